The van der Waals surface area contributed by atoms with Crippen LogP contribution in [0, 0.1) is 5.92 Å². The molecule has 172 valence electrons. The fourth-order valence-electron chi connectivity index (χ4n) is 4.67. The van der Waals surface area contributed by atoms with Gasteiger partial charge in [-0.15, -0.1) is 0 Å². The average Bonchev–Trinajstić information content (AvgIpc) is 3.33. The fraction of sp³-hybridized carbons (Fsp3) is 0.400. The molecular weight excluding hydrogens is 438 g/mol. The minimum Gasteiger partial charge on any atom is -0.368 e. The number of hydrogen-bond donors (Lipinski definition) is 0. The molecule has 0 atom stereocenters. The lowest BCUT2D eigenvalue weighted by Gasteiger charge is -2.39. The van der Waals surface area contributed by atoms with E-state index in [4.69, 9.17) is 16.1 Å². The summed E-state index contributed by atoms with van der Waals surface area (Å²) in [5, 5.41) is 4.85. The fourth-order valence-corrected chi connectivity index (χ4v) is 4.85. The van der Waals surface area contributed by atoms with E-state index in [2.05, 4.69) is 26.0 Å². The second-order valence-electron chi connectivity index (χ2n) is 8.72. The van der Waals surface area contributed by atoms with Gasteiger partial charge in [-0.25, -0.2) is 0 Å². The molecule has 0 N–H and O–H groups in total. The maximum atomic E-state index is 13.1. The monoisotopic (exact) mass is 465 g/mol. The number of halogens is 1. The molecule has 0 bridgehead atoms. The highest BCUT2D eigenvalue weighted by Crippen LogP contribution is 2.24. The number of piperidine rings is 1. The van der Waals surface area contributed by atoms with Gasteiger partial charge in [0.2, 0.25) is 17.6 Å². The molecule has 2 aromatic carbocycles. The maximum absolute atomic E-state index is 13.1. The summed E-state index contributed by atoms with van der Waals surface area (Å²) in [4.78, 5) is 24.3. The first-order chi connectivity index (χ1) is 16.2. The smallest absolute Gasteiger partial charge is 0.241 e. The number of amides is 1. The van der Waals surface area contributed by atoms with Crippen LogP contribution in [0.2, 0.25) is 5.02 Å². The van der Waals surface area contributed by atoms with Crippen molar-refractivity contribution in [2.75, 3.05) is 44.2 Å². The third kappa shape index (κ3) is 5.20. The SMILES string of the molecule is O=C(C1CCN(Cc2nc(-c3ccccc3)no2)CC1)N1CCN(c2cccc(Cl)c2)CC1. The Morgan fingerprint density at radius 2 is 1.73 bits per heavy atom. The van der Waals surface area contributed by atoms with Crippen LogP contribution in [0.4, 0.5) is 5.69 Å². The second-order valence-corrected chi connectivity index (χ2v) is 9.16. The van der Waals surface area contributed by atoms with E-state index >= 15 is 0 Å². The predicted molar refractivity (Wildman–Crippen MR) is 128 cm³/mol. The Morgan fingerprint density at radius 3 is 2.45 bits per heavy atom. The van der Waals surface area contributed by atoms with Crippen molar-refractivity contribution in [2.45, 2.75) is 19.4 Å². The molecule has 7 nitrogen and oxygen atoms in total. The van der Waals surface area contributed by atoms with Gasteiger partial charge >= 0.3 is 0 Å². The zero-order valence-corrected chi connectivity index (χ0v) is 19.3. The molecule has 1 amide bonds. The van der Waals surface area contributed by atoms with Crippen molar-refractivity contribution in [3.63, 3.8) is 0 Å². The minimum atomic E-state index is 0.0986. The summed E-state index contributed by atoms with van der Waals surface area (Å²) < 4.78 is 5.45. The number of carbonyl (C=O) groups is 1. The van der Waals surface area contributed by atoms with Crippen molar-refractivity contribution in [3.05, 3.63) is 65.5 Å². The van der Waals surface area contributed by atoms with Crippen LogP contribution in [-0.4, -0.2) is 65.1 Å². The number of hydrogen-bond acceptors (Lipinski definition) is 6. The zero-order valence-electron chi connectivity index (χ0n) is 18.6. The lowest BCUT2D eigenvalue weighted by atomic mass is 9.95. The van der Waals surface area contributed by atoms with Crippen LogP contribution in [0.3, 0.4) is 0 Å². The molecule has 0 unspecified atom stereocenters. The Bertz CT molecular complexity index is 1070. The normalized spacial score (nSPS) is 18.0. The lowest BCUT2D eigenvalue weighted by molar-refractivity contribution is -0.137. The molecule has 1 aromatic heterocycles. The van der Waals surface area contributed by atoms with Crippen LogP contribution in [-0.2, 0) is 11.3 Å². The van der Waals surface area contributed by atoms with Gasteiger partial charge in [0.25, 0.3) is 0 Å². The number of nitrogens with zero attached hydrogens (tertiary/aromatic N) is 5. The highest BCUT2D eigenvalue weighted by Gasteiger charge is 2.31. The molecule has 3 heterocycles. The van der Waals surface area contributed by atoms with Crippen molar-refractivity contribution in [1.29, 1.82) is 0 Å². The van der Waals surface area contributed by atoms with E-state index < -0.39 is 0 Å². The van der Waals surface area contributed by atoms with E-state index in [0.29, 0.717) is 24.2 Å². The van der Waals surface area contributed by atoms with Gasteiger partial charge in [-0.05, 0) is 44.1 Å². The molecule has 2 aliphatic rings. The molecule has 5 rings (SSSR count). The van der Waals surface area contributed by atoms with Crippen LogP contribution in [0.15, 0.2) is 59.1 Å². The van der Waals surface area contributed by atoms with E-state index in [1.807, 2.05) is 53.4 Å². The molecule has 2 fully saturated rings. The molecule has 2 aliphatic heterocycles. The summed E-state index contributed by atoms with van der Waals surface area (Å²) in [6, 6.07) is 17.8. The number of likely N-dealkylation sites (tertiary alicyclic amines) is 1. The van der Waals surface area contributed by atoms with Crippen molar-refractivity contribution in [2.24, 2.45) is 5.92 Å². The molecule has 33 heavy (non-hydrogen) atoms. The Labute approximate surface area is 198 Å². The lowest BCUT2D eigenvalue weighted by Crippen LogP contribution is -2.51. The van der Waals surface area contributed by atoms with Crippen molar-refractivity contribution < 1.29 is 9.32 Å². The third-order valence-corrected chi connectivity index (χ3v) is 6.80. The number of rotatable bonds is 5. The van der Waals surface area contributed by atoms with Gasteiger partial charge in [0.1, 0.15) is 0 Å². The van der Waals surface area contributed by atoms with Crippen LogP contribution in [0.5, 0.6) is 0 Å². The Balaban J connectivity index is 1.09. The number of aromatic nitrogens is 2. The molecule has 0 aliphatic carbocycles. The zero-order chi connectivity index (χ0) is 22.6. The highest BCUT2D eigenvalue weighted by atomic mass is 35.5. The Morgan fingerprint density at radius 1 is 0.970 bits per heavy atom. The first-order valence-electron chi connectivity index (χ1n) is 11.6. The van der Waals surface area contributed by atoms with Gasteiger partial charge in [0, 0.05) is 48.4 Å². The van der Waals surface area contributed by atoms with Gasteiger partial charge in [0.05, 0.1) is 6.54 Å². The standard InChI is InChI=1S/C25H28ClN5O2/c26-21-7-4-8-22(17-21)30-13-15-31(16-14-30)25(32)20-9-11-29(12-10-20)18-23-27-24(28-33-23)19-5-2-1-3-6-19/h1-8,17,20H,9-16,18H2. The summed E-state index contributed by atoms with van der Waals surface area (Å²) in [7, 11) is 0. The van der Waals surface area contributed by atoms with Gasteiger partial charge in [0.15, 0.2) is 0 Å². The maximum Gasteiger partial charge on any atom is 0.241 e. The van der Waals surface area contributed by atoms with Crippen LogP contribution in [0.25, 0.3) is 11.4 Å². The largest absolute Gasteiger partial charge is 0.368 e. The topological polar surface area (TPSA) is 65.7 Å². The summed E-state index contributed by atoms with van der Waals surface area (Å²) in [5.74, 6) is 1.63. The third-order valence-electron chi connectivity index (χ3n) is 6.56. The molecule has 8 heteroatoms. The first kappa shape index (κ1) is 21.9. The van der Waals surface area contributed by atoms with E-state index in [1.54, 1.807) is 0 Å². The Kier molecular flexibility index (Phi) is 6.60. The van der Waals surface area contributed by atoms with Gasteiger partial charge in [-0.1, -0.05) is 53.2 Å². The molecule has 0 radical (unpaired) electrons. The summed E-state index contributed by atoms with van der Waals surface area (Å²) in [6.07, 6.45) is 1.74. The van der Waals surface area contributed by atoms with Crippen LogP contribution < -0.4 is 4.90 Å². The summed E-state index contributed by atoms with van der Waals surface area (Å²) >= 11 is 6.13. The summed E-state index contributed by atoms with van der Waals surface area (Å²) in [5.41, 5.74) is 2.08. The van der Waals surface area contributed by atoms with Gasteiger partial charge < -0.3 is 14.3 Å². The Hall–Kier alpha value is -2.90. The molecule has 3 aromatic rings. The van der Waals surface area contributed by atoms with Crippen molar-refractivity contribution in [1.82, 2.24) is 19.9 Å². The summed E-state index contributed by atoms with van der Waals surface area (Å²) in [6.45, 7) is 5.55. The number of carbonyl (C=O) groups excluding carboxylic acids is 1. The highest BCUT2D eigenvalue weighted by molar-refractivity contribution is 6.30. The average molecular weight is 466 g/mol. The molecule has 0 spiro atoms. The molecular formula is C25H28ClN5O2. The molecule has 2 saturated heterocycles. The number of piperazine rings is 1. The van der Waals surface area contributed by atoms with Crippen LogP contribution in [0.1, 0.15) is 18.7 Å². The minimum absolute atomic E-state index is 0.0986. The van der Waals surface area contributed by atoms with Crippen LogP contribution >= 0.6 is 11.6 Å². The quantitative estimate of drug-likeness (QED) is 0.568. The number of anilines is 1. The predicted octanol–water partition coefficient (Wildman–Crippen LogP) is 3.95. The van der Waals surface area contributed by atoms with E-state index in [0.717, 1.165) is 68.4 Å². The van der Waals surface area contributed by atoms with Crippen molar-refractivity contribution >= 4 is 23.2 Å². The van der Waals surface area contributed by atoms with Gasteiger partial charge in [-0.2, -0.15) is 4.98 Å². The van der Waals surface area contributed by atoms with E-state index in [1.165, 1.54) is 0 Å². The number of benzene rings is 2. The van der Waals surface area contributed by atoms with Crippen molar-refractivity contribution in [3.8, 4) is 11.4 Å². The van der Waals surface area contributed by atoms with E-state index in [-0.39, 0.29) is 5.92 Å². The van der Waals surface area contributed by atoms with E-state index in [9.17, 15) is 4.79 Å². The van der Waals surface area contributed by atoms with Gasteiger partial charge in [-0.3, -0.25) is 9.69 Å². The second kappa shape index (κ2) is 9.93. The molecule has 0 saturated carbocycles. The first-order valence-corrected chi connectivity index (χ1v) is 11.9.